The number of halogens is 1. The van der Waals surface area contributed by atoms with Gasteiger partial charge in [0.05, 0.1) is 4.47 Å². The standard InChI is InChI=1S/C9H7BrO3/c1-5-2-7-9(13-4-12-7)8(10)6(5)3-11/h2-3H,4H2,1H3. The second kappa shape index (κ2) is 3.03. The lowest BCUT2D eigenvalue weighted by Crippen LogP contribution is -1.93. The summed E-state index contributed by atoms with van der Waals surface area (Å²) in [5, 5.41) is 0. The van der Waals surface area contributed by atoms with E-state index in [0.717, 1.165) is 11.8 Å². The number of ether oxygens (including phenoxy) is 2. The Bertz CT molecular complexity index is 374. The zero-order chi connectivity index (χ0) is 9.42. The van der Waals surface area contributed by atoms with Crippen molar-refractivity contribution >= 4 is 22.2 Å². The molecule has 0 spiro atoms. The van der Waals surface area contributed by atoms with Gasteiger partial charge in [0.1, 0.15) is 0 Å². The monoisotopic (exact) mass is 242 g/mol. The Balaban J connectivity index is 2.69. The fourth-order valence-electron chi connectivity index (χ4n) is 1.28. The summed E-state index contributed by atoms with van der Waals surface area (Å²) in [7, 11) is 0. The minimum absolute atomic E-state index is 0.218. The molecule has 0 radical (unpaired) electrons. The van der Waals surface area contributed by atoms with E-state index in [2.05, 4.69) is 15.9 Å². The van der Waals surface area contributed by atoms with Gasteiger partial charge in [-0.1, -0.05) is 0 Å². The molecule has 0 aliphatic carbocycles. The van der Waals surface area contributed by atoms with Gasteiger partial charge in [-0.2, -0.15) is 0 Å². The summed E-state index contributed by atoms with van der Waals surface area (Å²) in [4.78, 5) is 10.7. The maximum Gasteiger partial charge on any atom is 0.231 e. The molecule has 0 bridgehead atoms. The highest BCUT2D eigenvalue weighted by atomic mass is 79.9. The van der Waals surface area contributed by atoms with Crippen LogP contribution in [0.25, 0.3) is 0 Å². The maximum atomic E-state index is 10.7. The van der Waals surface area contributed by atoms with Gasteiger partial charge in [0.2, 0.25) is 6.79 Å². The first-order valence-corrected chi connectivity index (χ1v) is 4.57. The SMILES string of the molecule is Cc1cc2c(c(Br)c1C=O)OCO2. The molecule has 0 amide bonds. The molecule has 3 nitrogen and oxygen atoms in total. The van der Waals surface area contributed by atoms with E-state index in [-0.39, 0.29) is 6.79 Å². The largest absolute Gasteiger partial charge is 0.454 e. The number of fused-ring (bicyclic) bond motifs is 1. The Labute approximate surface area is 83.8 Å². The third kappa shape index (κ3) is 1.21. The summed E-state index contributed by atoms with van der Waals surface area (Å²) in [5.74, 6) is 1.31. The highest BCUT2D eigenvalue weighted by Crippen LogP contribution is 2.41. The first-order chi connectivity index (χ1) is 6.24. The molecule has 0 saturated carbocycles. The minimum atomic E-state index is 0.218. The van der Waals surface area contributed by atoms with Crippen molar-refractivity contribution < 1.29 is 14.3 Å². The number of hydrogen-bond donors (Lipinski definition) is 0. The van der Waals surface area contributed by atoms with Crippen molar-refractivity contribution in [1.82, 2.24) is 0 Å². The molecule has 1 aromatic carbocycles. The van der Waals surface area contributed by atoms with Crippen LogP contribution >= 0.6 is 15.9 Å². The minimum Gasteiger partial charge on any atom is -0.454 e. The number of rotatable bonds is 1. The number of aldehydes is 1. The number of benzene rings is 1. The Morgan fingerprint density at radius 3 is 3.00 bits per heavy atom. The molecule has 68 valence electrons. The van der Waals surface area contributed by atoms with Crippen LogP contribution in [0, 0.1) is 6.92 Å². The molecule has 1 heterocycles. The van der Waals surface area contributed by atoms with Crippen molar-refractivity contribution in [1.29, 1.82) is 0 Å². The molecule has 0 atom stereocenters. The second-order valence-electron chi connectivity index (χ2n) is 2.77. The second-order valence-corrected chi connectivity index (χ2v) is 3.57. The van der Waals surface area contributed by atoms with Crippen molar-refractivity contribution in [3.05, 3.63) is 21.7 Å². The zero-order valence-electron chi connectivity index (χ0n) is 6.96. The van der Waals surface area contributed by atoms with Crippen LogP contribution in [0.15, 0.2) is 10.5 Å². The van der Waals surface area contributed by atoms with E-state index in [4.69, 9.17) is 9.47 Å². The molecule has 13 heavy (non-hydrogen) atoms. The Kier molecular flexibility index (Phi) is 2.00. The third-order valence-electron chi connectivity index (χ3n) is 1.97. The highest BCUT2D eigenvalue weighted by Gasteiger charge is 2.20. The summed E-state index contributed by atoms with van der Waals surface area (Å²) in [6.45, 7) is 2.08. The Morgan fingerprint density at radius 2 is 2.31 bits per heavy atom. The molecule has 2 rings (SSSR count). The summed E-state index contributed by atoms with van der Waals surface area (Å²) in [5.41, 5.74) is 1.50. The van der Waals surface area contributed by atoms with Gasteiger partial charge >= 0.3 is 0 Å². The number of carbonyl (C=O) groups is 1. The molecule has 4 heteroatoms. The quantitative estimate of drug-likeness (QED) is 0.710. The van der Waals surface area contributed by atoms with Gasteiger partial charge < -0.3 is 9.47 Å². The Hall–Kier alpha value is -1.03. The average molecular weight is 243 g/mol. The highest BCUT2D eigenvalue weighted by molar-refractivity contribution is 9.10. The van der Waals surface area contributed by atoms with Crippen molar-refractivity contribution in [2.75, 3.05) is 6.79 Å². The van der Waals surface area contributed by atoms with Gasteiger partial charge in [-0.25, -0.2) is 0 Å². The molecule has 1 aromatic rings. The van der Waals surface area contributed by atoms with Crippen LogP contribution < -0.4 is 9.47 Å². The smallest absolute Gasteiger partial charge is 0.231 e. The van der Waals surface area contributed by atoms with E-state index in [0.29, 0.717) is 21.5 Å². The number of hydrogen-bond acceptors (Lipinski definition) is 3. The van der Waals surface area contributed by atoms with E-state index in [9.17, 15) is 4.79 Å². The summed E-state index contributed by atoms with van der Waals surface area (Å²) in [6.07, 6.45) is 0.807. The molecular formula is C9H7BrO3. The van der Waals surface area contributed by atoms with E-state index >= 15 is 0 Å². The van der Waals surface area contributed by atoms with Crippen LogP contribution in [0.4, 0.5) is 0 Å². The average Bonchev–Trinajstić information content (AvgIpc) is 2.53. The molecular weight excluding hydrogens is 236 g/mol. The van der Waals surface area contributed by atoms with Gasteiger partial charge in [0.15, 0.2) is 17.8 Å². The van der Waals surface area contributed by atoms with E-state index in [1.54, 1.807) is 6.07 Å². The fourth-order valence-corrected chi connectivity index (χ4v) is 2.00. The van der Waals surface area contributed by atoms with Crippen LogP contribution in [0.5, 0.6) is 11.5 Å². The van der Waals surface area contributed by atoms with Crippen LogP contribution in [0.3, 0.4) is 0 Å². The number of carbonyl (C=O) groups excluding carboxylic acids is 1. The summed E-state index contributed by atoms with van der Waals surface area (Å²) >= 11 is 3.31. The van der Waals surface area contributed by atoms with Crippen LogP contribution in [0.1, 0.15) is 15.9 Å². The van der Waals surface area contributed by atoms with Gasteiger partial charge in [-0.05, 0) is 34.5 Å². The zero-order valence-corrected chi connectivity index (χ0v) is 8.55. The van der Waals surface area contributed by atoms with Crippen LogP contribution in [0.2, 0.25) is 0 Å². The lowest BCUT2D eigenvalue weighted by molar-refractivity contribution is 0.112. The lowest BCUT2D eigenvalue weighted by Gasteiger charge is -2.04. The molecule has 0 unspecified atom stereocenters. The van der Waals surface area contributed by atoms with Gasteiger partial charge in [0.25, 0.3) is 0 Å². The summed E-state index contributed by atoms with van der Waals surface area (Å²) in [6, 6.07) is 1.80. The van der Waals surface area contributed by atoms with Crippen molar-refractivity contribution in [2.24, 2.45) is 0 Å². The van der Waals surface area contributed by atoms with Gasteiger partial charge in [0, 0.05) is 5.56 Å². The third-order valence-corrected chi connectivity index (χ3v) is 2.75. The van der Waals surface area contributed by atoms with Gasteiger partial charge in [-0.3, -0.25) is 4.79 Å². The molecule has 0 aromatic heterocycles. The normalized spacial score (nSPS) is 13.1. The lowest BCUT2D eigenvalue weighted by atomic mass is 10.1. The van der Waals surface area contributed by atoms with Crippen LogP contribution in [-0.2, 0) is 0 Å². The van der Waals surface area contributed by atoms with Gasteiger partial charge in [-0.15, -0.1) is 0 Å². The predicted octanol–water partition coefficient (Wildman–Crippen LogP) is 2.30. The molecule has 1 aliphatic rings. The topological polar surface area (TPSA) is 35.5 Å². The van der Waals surface area contributed by atoms with Crippen molar-refractivity contribution in [3.8, 4) is 11.5 Å². The Morgan fingerprint density at radius 1 is 1.54 bits per heavy atom. The fraction of sp³-hybridized carbons (Fsp3) is 0.222. The molecule has 0 saturated heterocycles. The van der Waals surface area contributed by atoms with Crippen molar-refractivity contribution in [2.45, 2.75) is 6.92 Å². The predicted molar refractivity (Wildman–Crippen MR) is 50.4 cm³/mol. The van der Waals surface area contributed by atoms with Crippen molar-refractivity contribution in [3.63, 3.8) is 0 Å². The van der Waals surface area contributed by atoms with E-state index in [1.165, 1.54) is 0 Å². The van der Waals surface area contributed by atoms with Crippen LogP contribution in [-0.4, -0.2) is 13.1 Å². The summed E-state index contributed by atoms with van der Waals surface area (Å²) < 4.78 is 11.1. The molecule has 0 N–H and O–H groups in total. The first-order valence-electron chi connectivity index (χ1n) is 3.78. The number of aryl methyl sites for hydroxylation is 1. The van der Waals surface area contributed by atoms with E-state index in [1.807, 2.05) is 6.92 Å². The molecule has 0 fully saturated rings. The first kappa shape index (κ1) is 8.56. The van der Waals surface area contributed by atoms with E-state index < -0.39 is 0 Å². The maximum absolute atomic E-state index is 10.7. The molecule has 1 aliphatic heterocycles.